The minimum absolute atomic E-state index is 0.197. The van der Waals surface area contributed by atoms with Gasteiger partial charge in [-0.05, 0) is 50.5 Å². The maximum absolute atomic E-state index is 13.1. The number of carbonyl (C=O) groups is 2. The van der Waals surface area contributed by atoms with E-state index in [4.69, 9.17) is 4.74 Å². The van der Waals surface area contributed by atoms with Crippen molar-refractivity contribution in [3.8, 4) is 5.75 Å². The van der Waals surface area contributed by atoms with E-state index in [-0.39, 0.29) is 17.5 Å². The number of hydrogen-bond acceptors (Lipinski definition) is 5. The van der Waals surface area contributed by atoms with Gasteiger partial charge in [-0.2, -0.15) is 4.31 Å². The summed E-state index contributed by atoms with van der Waals surface area (Å²) in [5, 5.41) is 5.12. The highest BCUT2D eigenvalue weighted by molar-refractivity contribution is 7.89. The van der Waals surface area contributed by atoms with Crippen molar-refractivity contribution in [3.05, 3.63) is 54.1 Å². The quantitative estimate of drug-likeness (QED) is 0.620. The van der Waals surface area contributed by atoms with Gasteiger partial charge in [-0.3, -0.25) is 9.59 Å². The maximum atomic E-state index is 13.1. The largest absolute Gasteiger partial charge is 0.495 e. The van der Waals surface area contributed by atoms with Gasteiger partial charge in [0.25, 0.3) is 0 Å². The van der Waals surface area contributed by atoms with E-state index in [1.807, 2.05) is 6.92 Å². The number of para-hydroxylation sites is 2. The molecular formula is C23H29N3O5S. The normalized spacial score (nSPS) is 16.9. The van der Waals surface area contributed by atoms with Crippen molar-refractivity contribution in [2.24, 2.45) is 0 Å². The Hall–Kier alpha value is -2.91. The third kappa shape index (κ3) is 5.66. The summed E-state index contributed by atoms with van der Waals surface area (Å²) in [6.07, 6.45) is 2.87. The van der Waals surface area contributed by atoms with Crippen molar-refractivity contribution in [2.45, 2.75) is 43.5 Å². The number of rotatable bonds is 7. The zero-order valence-corrected chi connectivity index (χ0v) is 19.2. The number of anilines is 1. The summed E-state index contributed by atoms with van der Waals surface area (Å²) in [6, 6.07) is 13.4. The predicted molar refractivity (Wildman–Crippen MR) is 122 cm³/mol. The first-order valence-corrected chi connectivity index (χ1v) is 12.1. The number of hydrogen-bond donors (Lipinski definition) is 2. The maximum Gasteiger partial charge on any atom is 0.313 e. The molecule has 1 saturated heterocycles. The average Bonchev–Trinajstić information content (AvgIpc) is 2.80. The molecule has 9 heteroatoms. The molecular weight excluding hydrogens is 430 g/mol. The van der Waals surface area contributed by atoms with Crippen molar-refractivity contribution in [3.63, 3.8) is 0 Å². The molecule has 0 aromatic heterocycles. The van der Waals surface area contributed by atoms with Gasteiger partial charge >= 0.3 is 11.8 Å². The molecule has 0 spiro atoms. The zero-order valence-electron chi connectivity index (χ0n) is 18.3. The van der Waals surface area contributed by atoms with Crippen LogP contribution >= 0.6 is 0 Å². The number of amides is 2. The number of carbonyl (C=O) groups excluding carboxylic acids is 2. The highest BCUT2D eigenvalue weighted by Gasteiger charge is 2.33. The van der Waals surface area contributed by atoms with Crippen LogP contribution in [0.5, 0.6) is 5.75 Å². The minimum atomic E-state index is -3.62. The SMILES string of the molecule is COc1ccccc1NC(=O)C(=O)NCC[C@H]1CCCCN1S(=O)(=O)c1ccc(C)cc1. The average molecular weight is 460 g/mol. The highest BCUT2D eigenvalue weighted by atomic mass is 32.2. The van der Waals surface area contributed by atoms with Gasteiger partial charge < -0.3 is 15.4 Å². The van der Waals surface area contributed by atoms with Crippen LogP contribution in [0.1, 0.15) is 31.2 Å². The third-order valence-electron chi connectivity index (χ3n) is 5.53. The van der Waals surface area contributed by atoms with Crippen LogP contribution in [-0.2, 0) is 19.6 Å². The number of ether oxygens (including phenoxy) is 1. The lowest BCUT2D eigenvalue weighted by Gasteiger charge is -2.34. The summed E-state index contributed by atoms with van der Waals surface area (Å²) >= 11 is 0. The Bertz CT molecular complexity index is 1050. The Balaban J connectivity index is 1.58. The summed E-state index contributed by atoms with van der Waals surface area (Å²) in [4.78, 5) is 24.7. The van der Waals surface area contributed by atoms with E-state index < -0.39 is 21.8 Å². The fourth-order valence-electron chi connectivity index (χ4n) is 3.78. The Kier molecular flexibility index (Phi) is 7.87. The molecule has 1 heterocycles. The first kappa shape index (κ1) is 23.7. The smallest absolute Gasteiger partial charge is 0.313 e. The summed E-state index contributed by atoms with van der Waals surface area (Å²) in [5.74, 6) is -1.13. The summed E-state index contributed by atoms with van der Waals surface area (Å²) in [7, 11) is -2.14. The van der Waals surface area contributed by atoms with E-state index in [1.54, 1.807) is 48.5 Å². The van der Waals surface area contributed by atoms with E-state index in [2.05, 4.69) is 10.6 Å². The summed E-state index contributed by atoms with van der Waals surface area (Å²) in [5.41, 5.74) is 1.39. The van der Waals surface area contributed by atoms with Crippen molar-refractivity contribution >= 4 is 27.5 Å². The van der Waals surface area contributed by atoms with E-state index in [1.165, 1.54) is 11.4 Å². The third-order valence-corrected chi connectivity index (χ3v) is 7.49. The molecule has 0 aliphatic carbocycles. The van der Waals surface area contributed by atoms with Crippen LogP contribution in [0.2, 0.25) is 0 Å². The number of nitrogens with one attached hydrogen (secondary N) is 2. The molecule has 0 saturated carbocycles. The topological polar surface area (TPSA) is 105 Å². The summed E-state index contributed by atoms with van der Waals surface area (Å²) in [6.45, 7) is 2.55. The van der Waals surface area contributed by atoms with E-state index in [0.29, 0.717) is 30.8 Å². The second-order valence-corrected chi connectivity index (χ2v) is 9.67. The molecule has 2 aromatic carbocycles. The molecule has 2 aromatic rings. The molecule has 2 N–H and O–H groups in total. The molecule has 32 heavy (non-hydrogen) atoms. The second-order valence-electron chi connectivity index (χ2n) is 7.78. The monoisotopic (exact) mass is 459 g/mol. The number of nitrogens with zero attached hydrogens (tertiary/aromatic N) is 1. The molecule has 0 radical (unpaired) electrons. The van der Waals surface area contributed by atoms with E-state index in [0.717, 1.165) is 18.4 Å². The lowest BCUT2D eigenvalue weighted by atomic mass is 10.0. The Labute approximate surface area is 189 Å². The van der Waals surface area contributed by atoms with Crippen molar-refractivity contribution in [1.29, 1.82) is 0 Å². The number of sulfonamides is 1. The van der Waals surface area contributed by atoms with Gasteiger partial charge in [-0.15, -0.1) is 0 Å². The number of methoxy groups -OCH3 is 1. The molecule has 0 unspecified atom stereocenters. The van der Waals surface area contributed by atoms with Gasteiger partial charge in [0.2, 0.25) is 10.0 Å². The first-order chi connectivity index (χ1) is 15.3. The number of benzene rings is 2. The Morgan fingerprint density at radius 2 is 1.78 bits per heavy atom. The molecule has 172 valence electrons. The molecule has 1 aliphatic rings. The molecule has 1 aliphatic heterocycles. The fraction of sp³-hybridized carbons (Fsp3) is 0.391. The molecule has 1 atom stereocenters. The van der Waals surface area contributed by atoms with Crippen LogP contribution in [-0.4, -0.2) is 50.8 Å². The molecule has 8 nitrogen and oxygen atoms in total. The number of piperidine rings is 1. The summed E-state index contributed by atoms with van der Waals surface area (Å²) < 4.78 is 33.0. The first-order valence-electron chi connectivity index (χ1n) is 10.6. The van der Waals surface area contributed by atoms with Crippen LogP contribution in [0.25, 0.3) is 0 Å². The van der Waals surface area contributed by atoms with Gasteiger partial charge in [0.05, 0.1) is 17.7 Å². The van der Waals surface area contributed by atoms with Crippen LogP contribution in [0.3, 0.4) is 0 Å². The minimum Gasteiger partial charge on any atom is -0.495 e. The van der Waals surface area contributed by atoms with Crippen LogP contribution in [0, 0.1) is 6.92 Å². The van der Waals surface area contributed by atoms with Crippen molar-refractivity contribution in [1.82, 2.24) is 9.62 Å². The van der Waals surface area contributed by atoms with Gasteiger partial charge in [0, 0.05) is 19.1 Å². The van der Waals surface area contributed by atoms with Crippen LogP contribution in [0.15, 0.2) is 53.4 Å². The van der Waals surface area contributed by atoms with E-state index in [9.17, 15) is 18.0 Å². The zero-order chi connectivity index (χ0) is 23.1. The van der Waals surface area contributed by atoms with Crippen LogP contribution < -0.4 is 15.4 Å². The van der Waals surface area contributed by atoms with Gasteiger partial charge in [0.15, 0.2) is 0 Å². The highest BCUT2D eigenvalue weighted by Crippen LogP contribution is 2.27. The molecule has 2 amide bonds. The second kappa shape index (κ2) is 10.6. The van der Waals surface area contributed by atoms with Gasteiger partial charge in [-0.25, -0.2) is 8.42 Å². The predicted octanol–water partition coefficient (Wildman–Crippen LogP) is 2.69. The Morgan fingerprint density at radius 3 is 2.50 bits per heavy atom. The number of aryl methyl sites for hydroxylation is 1. The lowest BCUT2D eigenvalue weighted by Crippen LogP contribution is -2.45. The van der Waals surface area contributed by atoms with E-state index >= 15 is 0 Å². The molecule has 1 fully saturated rings. The lowest BCUT2D eigenvalue weighted by molar-refractivity contribution is -0.136. The fourth-order valence-corrected chi connectivity index (χ4v) is 5.51. The van der Waals surface area contributed by atoms with Crippen molar-refractivity contribution in [2.75, 3.05) is 25.5 Å². The van der Waals surface area contributed by atoms with Gasteiger partial charge in [-0.1, -0.05) is 36.2 Å². The van der Waals surface area contributed by atoms with Crippen molar-refractivity contribution < 1.29 is 22.7 Å². The molecule has 3 rings (SSSR count). The molecule has 0 bridgehead atoms. The standard InChI is InChI=1S/C23H29N3O5S/c1-17-10-12-19(13-11-17)32(29,30)26-16-6-5-7-18(26)14-15-24-22(27)23(28)25-20-8-3-4-9-21(20)31-2/h3-4,8-13,18H,5-7,14-16H2,1-2H3,(H,24,27)(H,25,28)/t18-/m1/s1. The Morgan fingerprint density at radius 1 is 1.06 bits per heavy atom. The van der Waals surface area contributed by atoms with Gasteiger partial charge in [0.1, 0.15) is 5.75 Å². The van der Waals surface area contributed by atoms with Crippen LogP contribution in [0.4, 0.5) is 5.69 Å².